The van der Waals surface area contributed by atoms with E-state index in [2.05, 4.69) is 24.0 Å². The number of aromatic amines is 1. The molecular weight excluding hydrogens is 238 g/mol. The average molecular weight is 257 g/mol. The Kier molecular flexibility index (Phi) is 3.27. The van der Waals surface area contributed by atoms with E-state index in [1.807, 2.05) is 6.92 Å². The lowest BCUT2D eigenvalue weighted by atomic mass is 9.88. The summed E-state index contributed by atoms with van der Waals surface area (Å²) in [4.78, 5) is 0.255. The molecule has 0 spiro atoms. The van der Waals surface area contributed by atoms with Crippen molar-refractivity contribution in [3.05, 3.63) is 12.4 Å². The lowest BCUT2D eigenvalue weighted by Gasteiger charge is -2.39. The Labute approximate surface area is 102 Å². The molecular formula is C11H19N3O2S. The van der Waals surface area contributed by atoms with Crippen molar-refractivity contribution in [2.45, 2.75) is 38.1 Å². The molecule has 2 heterocycles. The predicted molar refractivity (Wildman–Crippen MR) is 64.9 cm³/mol. The number of aromatic nitrogens is 2. The summed E-state index contributed by atoms with van der Waals surface area (Å²) in [5, 5.41) is 6.27. The minimum atomic E-state index is -3.39. The van der Waals surface area contributed by atoms with Gasteiger partial charge in [0.15, 0.2) is 0 Å². The van der Waals surface area contributed by atoms with Gasteiger partial charge >= 0.3 is 0 Å². The van der Waals surface area contributed by atoms with Crippen LogP contribution in [-0.2, 0) is 10.0 Å². The monoisotopic (exact) mass is 257 g/mol. The lowest BCUT2D eigenvalue weighted by molar-refractivity contribution is 0.157. The molecule has 1 aromatic heterocycles. The summed E-state index contributed by atoms with van der Waals surface area (Å²) in [6.45, 7) is 6.78. The number of sulfonamides is 1. The highest BCUT2D eigenvalue weighted by Gasteiger charge is 2.37. The molecule has 1 aliphatic rings. The molecule has 1 N–H and O–H groups in total. The highest BCUT2D eigenvalue weighted by Crippen LogP contribution is 2.31. The Morgan fingerprint density at radius 1 is 1.41 bits per heavy atom. The molecule has 2 rings (SSSR count). The zero-order valence-corrected chi connectivity index (χ0v) is 11.2. The zero-order chi connectivity index (χ0) is 12.6. The quantitative estimate of drug-likeness (QED) is 0.872. The summed E-state index contributed by atoms with van der Waals surface area (Å²) in [6.07, 6.45) is 3.89. The molecule has 0 bridgehead atoms. The van der Waals surface area contributed by atoms with Crippen molar-refractivity contribution >= 4 is 10.0 Å². The third-order valence-electron chi connectivity index (χ3n) is 3.62. The van der Waals surface area contributed by atoms with Crippen LogP contribution in [0.5, 0.6) is 0 Å². The standard InChI is InChI=1S/C11H19N3O2S/c1-8-4-9(2)10(3)14(7-8)17(15,16)11-5-12-13-6-11/h5-6,8-10H,4,7H2,1-3H3,(H,12,13). The van der Waals surface area contributed by atoms with Gasteiger partial charge in [0.2, 0.25) is 10.0 Å². The fraction of sp³-hybridized carbons (Fsp3) is 0.727. The number of hydrogen-bond acceptors (Lipinski definition) is 3. The van der Waals surface area contributed by atoms with Gasteiger partial charge in [-0.05, 0) is 25.2 Å². The van der Waals surface area contributed by atoms with Crippen LogP contribution < -0.4 is 0 Å². The molecule has 0 radical (unpaired) electrons. The third-order valence-corrected chi connectivity index (χ3v) is 5.54. The van der Waals surface area contributed by atoms with Crippen molar-refractivity contribution in [1.29, 1.82) is 0 Å². The van der Waals surface area contributed by atoms with Crippen LogP contribution in [0.25, 0.3) is 0 Å². The van der Waals surface area contributed by atoms with Gasteiger partial charge in [-0.2, -0.15) is 9.40 Å². The average Bonchev–Trinajstić information content (AvgIpc) is 2.76. The van der Waals surface area contributed by atoms with Crippen molar-refractivity contribution in [2.24, 2.45) is 11.8 Å². The first-order chi connectivity index (χ1) is 7.93. The van der Waals surface area contributed by atoms with E-state index in [-0.39, 0.29) is 10.9 Å². The molecule has 1 aromatic rings. The molecule has 6 heteroatoms. The van der Waals surface area contributed by atoms with Crippen LogP contribution >= 0.6 is 0 Å². The second-order valence-corrected chi connectivity index (χ2v) is 6.96. The minimum Gasteiger partial charge on any atom is -0.284 e. The summed E-state index contributed by atoms with van der Waals surface area (Å²) in [6, 6.07) is 0.0473. The lowest BCUT2D eigenvalue weighted by Crippen LogP contribution is -2.48. The molecule has 3 unspecified atom stereocenters. The highest BCUT2D eigenvalue weighted by molar-refractivity contribution is 7.89. The predicted octanol–water partition coefficient (Wildman–Crippen LogP) is 1.46. The van der Waals surface area contributed by atoms with Crippen molar-refractivity contribution < 1.29 is 8.42 Å². The molecule has 3 atom stereocenters. The highest BCUT2D eigenvalue weighted by atomic mass is 32.2. The van der Waals surface area contributed by atoms with Gasteiger partial charge in [0.05, 0.1) is 6.20 Å². The maximum atomic E-state index is 12.4. The summed E-state index contributed by atoms with van der Waals surface area (Å²) >= 11 is 0. The van der Waals surface area contributed by atoms with Crippen molar-refractivity contribution in [2.75, 3.05) is 6.54 Å². The summed E-state index contributed by atoms with van der Waals surface area (Å²) < 4.78 is 26.4. The molecule has 0 saturated carbocycles. The number of hydrogen-bond donors (Lipinski definition) is 1. The molecule has 5 nitrogen and oxygen atoms in total. The van der Waals surface area contributed by atoms with Crippen LogP contribution in [-0.4, -0.2) is 35.5 Å². The van der Waals surface area contributed by atoms with E-state index in [0.717, 1.165) is 6.42 Å². The molecule has 1 fully saturated rings. The van der Waals surface area contributed by atoms with Gasteiger partial charge in [-0.15, -0.1) is 0 Å². The van der Waals surface area contributed by atoms with E-state index in [1.165, 1.54) is 12.4 Å². The van der Waals surface area contributed by atoms with Gasteiger partial charge in [0.1, 0.15) is 4.90 Å². The number of H-pyrrole nitrogens is 1. The van der Waals surface area contributed by atoms with Crippen molar-refractivity contribution in [3.63, 3.8) is 0 Å². The van der Waals surface area contributed by atoms with Gasteiger partial charge in [-0.25, -0.2) is 8.42 Å². The van der Waals surface area contributed by atoms with Gasteiger partial charge < -0.3 is 0 Å². The Morgan fingerprint density at radius 3 is 2.71 bits per heavy atom. The molecule has 0 aliphatic carbocycles. The Hall–Kier alpha value is -0.880. The molecule has 0 aromatic carbocycles. The van der Waals surface area contributed by atoms with Crippen LogP contribution in [0, 0.1) is 11.8 Å². The van der Waals surface area contributed by atoms with Crippen LogP contribution in [0.3, 0.4) is 0 Å². The van der Waals surface area contributed by atoms with Gasteiger partial charge in [0, 0.05) is 18.8 Å². The Bertz CT molecular complexity index is 469. The fourth-order valence-corrected chi connectivity index (χ4v) is 4.25. The topological polar surface area (TPSA) is 66.1 Å². The first-order valence-corrected chi connectivity index (χ1v) is 7.37. The van der Waals surface area contributed by atoms with Crippen LogP contribution in [0.1, 0.15) is 27.2 Å². The smallest absolute Gasteiger partial charge is 0.246 e. The van der Waals surface area contributed by atoms with E-state index in [0.29, 0.717) is 18.4 Å². The zero-order valence-electron chi connectivity index (χ0n) is 10.4. The minimum absolute atomic E-state index is 0.0473. The van der Waals surface area contributed by atoms with Crippen LogP contribution in [0.4, 0.5) is 0 Å². The first-order valence-electron chi connectivity index (χ1n) is 5.93. The second kappa shape index (κ2) is 4.42. The Morgan fingerprint density at radius 2 is 2.12 bits per heavy atom. The number of piperidine rings is 1. The number of rotatable bonds is 2. The first kappa shape index (κ1) is 12.6. The molecule has 1 aliphatic heterocycles. The fourth-order valence-electron chi connectivity index (χ4n) is 2.50. The largest absolute Gasteiger partial charge is 0.284 e. The van der Waals surface area contributed by atoms with Gasteiger partial charge in [-0.3, -0.25) is 5.10 Å². The summed E-state index contributed by atoms with van der Waals surface area (Å²) in [5.74, 6) is 0.795. The number of nitrogens with one attached hydrogen (secondary N) is 1. The third kappa shape index (κ3) is 2.24. The molecule has 1 saturated heterocycles. The number of nitrogens with zero attached hydrogens (tertiary/aromatic N) is 2. The molecule has 17 heavy (non-hydrogen) atoms. The summed E-state index contributed by atoms with van der Waals surface area (Å²) in [7, 11) is -3.39. The van der Waals surface area contributed by atoms with E-state index in [4.69, 9.17) is 0 Å². The second-order valence-electron chi connectivity index (χ2n) is 5.07. The maximum Gasteiger partial charge on any atom is 0.246 e. The summed E-state index contributed by atoms with van der Waals surface area (Å²) in [5.41, 5.74) is 0. The van der Waals surface area contributed by atoms with Crippen molar-refractivity contribution in [1.82, 2.24) is 14.5 Å². The van der Waals surface area contributed by atoms with E-state index in [9.17, 15) is 8.42 Å². The van der Waals surface area contributed by atoms with Crippen molar-refractivity contribution in [3.8, 4) is 0 Å². The molecule has 0 amide bonds. The van der Waals surface area contributed by atoms with E-state index >= 15 is 0 Å². The van der Waals surface area contributed by atoms with E-state index in [1.54, 1.807) is 4.31 Å². The van der Waals surface area contributed by atoms with Gasteiger partial charge in [0.25, 0.3) is 0 Å². The normalized spacial score (nSPS) is 31.6. The van der Waals surface area contributed by atoms with E-state index < -0.39 is 10.0 Å². The van der Waals surface area contributed by atoms with Crippen LogP contribution in [0.2, 0.25) is 0 Å². The van der Waals surface area contributed by atoms with Gasteiger partial charge in [-0.1, -0.05) is 13.8 Å². The molecule has 96 valence electrons. The van der Waals surface area contributed by atoms with Crippen LogP contribution in [0.15, 0.2) is 17.3 Å². The Balaban J connectivity index is 2.33. The SMILES string of the molecule is CC1CC(C)C(C)N(S(=O)(=O)c2cn[nH]c2)C1. The maximum absolute atomic E-state index is 12.4.